The van der Waals surface area contributed by atoms with E-state index in [1.807, 2.05) is 18.2 Å². The van der Waals surface area contributed by atoms with E-state index in [4.69, 9.17) is 28.7 Å². The molecule has 1 aliphatic carbocycles. The molecule has 2 saturated heterocycles. The van der Waals surface area contributed by atoms with E-state index in [1.165, 1.54) is 46.9 Å². The fraction of sp³-hybridized carbons (Fsp3) is 0.643. The van der Waals surface area contributed by atoms with E-state index in [0.29, 0.717) is 82.7 Å². The number of carbonyl (C=O) groups is 2. The van der Waals surface area contributed by atoms with Crippen LogP contribution in [0.25, 0.3) is 22.1 Å². The Balaban J connectivity index is 0.684. The third kappa shape index (κ3) is 10.6. The molecule has 1 unspecified atom stereocenters. The number of nitrogens with zero attached hydrogens (tertiary/aromatic N) is 4. The molecule has 15 nitrogen and oxygen atoms in total. The van der Waals surface area contributed by atoms with E-state index >= 15 is 0 Å². The van der Waals surface area contributed by atoms with E-state index in [-0.39, 0.29) is 18.0 Å². The van der Waals surface area contributed by atoms with Crippen LogP contribution in [0.2, 0.25) is 0 Å². The molecule has 310 valence electrons. The number of aryl methyl sites for hydroxylation is 2. The van der Waals surface area contributed by atoms with Crippen LogP contribution in [0.4, 0.5) is 0 Å². The second-order valence-corrected chi connectivity index (χ2v) is 15.6. The molecule has 5 heterocycles. The number of nitrogens with one attached hydrogen (secondary N) is 3. The second-order valence-electron chi connectivity index (χ2n) is 15.6. The van der Waals surface area contributed by atoms with Gasteiger partial charge in [-0.2, -0.15) is 0 Å². The fourth-order valence-electron chi connectivity index (χ4n) is 8.80. The molecule has 3 fully saturated rings. The maximum atomic E-state index is 13.1. The lowest BCUT2D eigenvalue weighted by Crippen LogP contribution is -2.44. The van der Waals surface area contributed by atoms with Crippen LogP contribution in [0.3, 0.4) is 0 Å². The number of hydrogen-bond donors (Lipinski definition) is 3. The minimum atomic E-state index is -0.692. The van der Waals surface area contributed by atoms with Crippen molar-refractivity contribution in [1.82, 2.24) is 34.7 Å². The largest absolute Gasteiger partial charge is 0.381 e. The number of aromatic amines is 1. The molecule has 1 aromatic carbocycles. The third-order valence-corrected chi connectivity index (χ3v) is 11.8. The lowest BCUT2D eigenvalue weighted by molar-refractivity contribution is -0.135. The predicted octanol–water partition coefficient (Wildman–Crippen LogP) is 3.87. The monoisotopic (exact) mass is 789 g/mol. The normalized spacial score (nSPS) is 20.8. The third-order valence-electron chi connectivity index (χ3n) is 11.8. The van der Waals surface area contributed by atoms with Gasteiger partial charge in [-0.25, -0.2) is 14.8 Å². The highest BCUT2D eigenvalue weighted by Crippen LogP contribution is 2.35. The number of imide groups is 1. The van der Waals surface area contributed by atoms with Gasteiger partial charge in [0.2, 0.25) is 11.8 Å². The van der Waals surface area contributed by atoms with Crippen molar-refractivity contribution < 1.29 is 33.3 Å². The first kappa shape index (κ1) is 41.2. The number of aromatic nitrogens is 5. The maximum Gasteiger partial charge on any atom is 0.329 e. The van der Waals surface area contributed by atoms with Crippen LogP contribution in [0.15, 0.2) is 35.5 Å². The number of piperidine rings is 1. The standard InChI is InChI=1S/C42H59N7O8/c1-48-39-31(4-2-6-35(39)49(42(48)52)36-11-12-37(50)47-41(36)51)5-3-16-53-20-22-56-24-25-57-23-21-55-19-15-43-32-9-7-29(8-10-32)26-34-38-33(30-13-17-54-18-14-30)27-44-40(38)46-28-45-34/h2,4,6,27-30,32,36,43H,3,5,7-26H2,1H3,(H,44,45,46)(H,47,50,51). The molecule has 0 radical (unpaired) electrons. The molecule has 15 heteroatoms. The number of rotatable bonds is 21. The highest BCUT2D eigenvalue weighted by atomic mass is 16.6. The summed E-state index contributed by atoms with van der Waals surface area (Å²) >= 11 is 0. The molecular formula is C42H59N7O8. The van der Waals surface area contributed by atoms with Crippen molar-refractivity contribution in [3.05, 3.63) is 58.0 Å². The zero-order valence-corrected chi connectivity index (χ0v) is 33.3. The van der Waals surface area contributed by atoms with Crippen molar-refractivity contribution in [3.8, 4) is 0 Å². The molecule has 2 aliphatic heterocycles. The van der Waals surface area contributed by atoms with Crippen molar-refractivity contribution >= 4 is 33.9 Å². The van der Waals surface area contributed by atoms with Crippen LogP contribution >= 0.6 is 0 Å². The van der Waals surface area contributed by atoms with Gasteiger partial charge in [0.25, 0.3) is 0 Å². The lowest BCUT2D eigenvalue weighted by atomic mass is 9.82. The lowest BCUT2D eigenvalue weighted by Gasteiger charge is -2.29. The van der Waals surface area contributed by atoms with E-state index in [9.17, 15) is 14.4 Å². The first-order chi connectivity index (χ1) is 28.0. The summed E-state index contributed by atoms with van der Waals surface area (Å²) in [4.78, 5) is 50.0. The highest BCUT2D eigenvalue weighted by molar-refractivity contribution is 6.00. The van der Waals surface area contributed by atoms with Gasteiger partial charge in [-0.05, 0) is 93.2 Å². The Bertz CT molecular complexity index is 1980. The smallest absolute Gasteiger partial charge is 0.329 e. The molecule has 2 amide bonds. The van der Waals surface area contributed by atoms with Gasteiger partial charge in [-0.3, -0.25) is 24.0 Å². The van der Waals surface area contributed by atoms with Gasteiger partial charge < -0.3 is 34.0 Å². The van der Waals surface area contributed by atoms with E-state index < -0.39 is 11.9 Å². The second kappa shape index (κ2) is 20.6. The molecule has 4 aromatic rings. The van der Waals surface area contributed by atoms with E-state index in [0.717, 1.165) is 68.6 Å². The Kier molecular flexibility index (Phi) is 14.9. The van der Waals surface area contributed by atoms with Crippen LogP contribution in [-0.4, -0.2) is 115 Å². The zero-order valence-electron chi connectivity index (χ0n) is 33.3. The van der Waals surface area contributed by atoms with Gasteiger partial charge in [0, 0.05) is 57.5 Å². The number of imidazole rings is 1. The first-order valence-electron chi connectivity index (χ1n) is 20.9. The molecule has 1 saturated carbocycles. The Labute approximate surface area is 333 Å². The molecule has 57 heavy (non-hydrogen) atoms. The number of H-pyrrole nitrogens is 1. The van der Waals surface area contributed by atoms with Crippen molar-refractivity contribution in [3.63, 3.8) is 0 Å². The minimum Gasteiger partial charge on any atom is -0.381 e. The molecule has 0 bridgehead atoms. The zero-order chi connectivity index (χ0) is 39.4. The summed E-state index contributed by atoms with van der Waals surface area (Å²) in [7, 11) is 1.72. The SMILES string of the molecule is Cn1c(=O)n(C2CCC(=O)NC2=O)c2cccc(CCCOCCOCCOCCOCCNC3CCC(Cc4ncnc5[nH]cc(C6CCOCC6)c45)CC3)c21. The number of carbonyl (C=O) groups excluding carboxylic acids is 2. The number of benzene rings is 1. The van der Waals surface area contributed by atoms with Gasteiger partial charge in [-0.1, -0.05) is 12.1 Å². The summed E-state index contributed by atoms with van der Waals surface area (Å²) < 4.78 is 31.6. The van der Waals surface area contributed by atoms with Crippen molar-refractivity contribution in [2.45, 2.75) is 88.6 Å². The topological polar surface area (TPSA) is 173 Å². The molecule has 1 atom stereocenters. The van der Waals surface area contributed by atoms with Gasteiger partial charge >= 0.3 is 5.69 Å². The van der Waals surface area contributed by atoms with Crippen LogP contribution in [0.1, 0.15) is 86.6 Å². The van der Waals surface area contributed by atoms with Crippen LogP contribution in [0, 0.1) is 5.92 Å². The van der Waals surface area contributed by atoms with Crippen molar-refractivity contribution in [2.24, 2.45) is 13.0 Å². The molecule has 0 spiro atoms. The summed E-state index contributed by atoms with van der Waals surface area (Å²) in [5.74, 6) is 0.439. The quantitative estimate of drug-likeness (QED) is 0.0827. The summed E-state index contributed by atoms with van der Waals surface area (Å²) in [5, 5.41) is 7.29. The number of ether oxygens (including phenoxy) is 5. The minimum absolute atomic E-state index is 0.215. The van der Waals surface area contributed by atoms with Gasteiger partial charge in [0.05, 0.1) is 63.0 Å². The number of hydrogen-bond acceptors (Lipinski definition) is 11. The first-order valence-corrected chi connectivity index (χ1v) is 20.9. The Morgan fingerprint density at radius 2 is 1.58 bits per heavy atom. The molecule has 3 N–H and O–H groups in total. The number of para-hydroxylation sites is 1. The predicted molar refractivity (Wildman–Crippen MR) is 214 cm³/mol. The van der Waals surface area contributed by atoms with Crippen LogP contribution in [-0.2, 0) is 53.2 Å². The molecular weight excluding hydrogens is 731 g/mol. The fourth-order valence-corrected chi connectivity index (χ4v) is 8.80. The van der Waals surface area contributed by atoms with Gasteiger partial charge in [-0.15, -0.1) is 0 Å². The number of fused-ring (bicyclic) bond motifs is 2. The summed E-state index contributed by atoms with van der Waals surface area (Å²) in [6.45, 7) is 6.81. The highest BCUT2D eigenvalue weighted by Gasteiger charge is 2.32. The Hall–Kier alpha value is -3.99. The van der Waals surface area contributed by atoms with E-state index in [1.54, 1.807) is 17.9 Å². The van der Waals surface area contributed by atoms with Crippen LogP contribution < -0.4 is 16.3 Å². The summed E-state index contributed by atoms with van der Waals surface area (Å²) in [5.41, 5.74) is 5.80. The van der Waals surface area contributed by atoms with Crippen molar-refractivity contribution in [2.75, 3.05) is 72.6 Å². The van der Waals surface area contributed by atoms with Gasteiger partial charge in [0.15, 0.2) is 0 Å². The average molecular weight is 790 g/mol. The molecule has 3 aliphatic rings. The van der Waals surface area contributed by atoms with Gasteiger partial charge in [0.1, 0.15) is 18.0 Å². The molecule has 7 rings (SSSR count). The summed E-state index contributed by atoms with van der Waals surface area (Å²) in [6.07, 6.45) is 13.8. The number of amides is 2. The van der Waals surface area contributed by atoms with Crippen molar-refractivity contribution in [1.29, 1.82) is 0 Å². The Morgan fingerprint density at radius 1 is 0.860 bits per heavy atom. The Morgan fingerprint density at radius 3 is 2.32 bits per heavy atom. The molecule has 3 aromatic heterocycles. The average Bonchev–Trinajstić information content (AvgIpc) is 3.78. The van der Waals surface area contributed by atoms with Crippen LogP contribution in [0.5, 0.6) is 0 Å². The summed E-state index contributed by atoms with van der Waals surface area (Å²) in [6, 6.07) is 5.60. The maximum absolute atomic E-state index is 13.1. The van der Waals surface area contributed by atoms with E-state index in [2.05, 4.69) is 26.8 Å².